The summed E-state index contributed by atoms with van der Waals surface area (Å²) in [5, 5.41) is 19.2. The summed E-state index contributed by atoms with van der Waals surface area (Å²) in [7, 11) is 2.61. The van der Waals surface area contributed by atoms with Gasteiger partial charge >= 0.3 is 12.2 Å². The van der Waals surface area contributed by atoms with Gasteiger partial charge in [-0.15, -0.1) is 0 Å². The number of likely N-dealkylation sites (tertiary alicyclic amines) is 2. The third-order valence-corrected chi connectivity index (χ3v) is 11.6. The Hall–Kier alpha value is -5.73. The number of amides is 3. The number of carbonyl (C=O) groups is 3. The quantitative estimate of drug-likeness (QED) is 0.0877. The third kappa shape index (κ3) is 8.16. The van der Waals surface area contributed by atoms with Crippen LogP contribution in [0.15, 0.2) is 73.1 Å². The van der Waals surface area contributed by atoms with E-state index in [-0.39, 0.29) is 29.8 Å². The van der Waals surface area contributed by atoms with Gasteiger partial charge in [-0.05, 0) is 65.0 Å². The fourth-order valence-corrected chi connectivity index (χ4v) is 8.49. The van der Waals surface area contributed by atoms with Crippen molar-refractivity contribution in [3.8, 4) is 33.6 Å². The maximum absolute atomic E-state index is 13.6. The summed E-state index contributed by atoms with van der Waals surface area (Å²) in [6.45, 7) is 9.01. The van der Waals surface area contributed by atoms with Crippen molar-refractivity contribution in [2.45, 2.75) is 83.8 Å². The van der Waals surface area contributed by atoms with Crippen LogP contribution in [-0.2, 0) is 14.3 Å². The number of aromatic amines is 2. The van der Waals surface area contributed by atoms with Gasteiger partial charge in [-0.3, -0.25) is 9.69 Å². The summed E-state index contributed by atoms with van der Waals surface area (Å²) in [4.78, 5) is 58.1. The average molecular weight is 791 g/mol. The molecule has 2 aromatic heterocycles. The monoisotopic (exact) mass is 790 g/mol. The van der Waals surface area contributed by atoms with E-state index in [0.717, 1.165) is 81.7 Å². The van der Waals surface area contributed by atoms with Crippen molar-refractivity contribution in [1.82, 2.24) is 40.4 Å². The number of aliphatic hydroxyl groups excluding tert-OH is 1. The molecular weight excluding hydrogens is 737 g/mol. The summed E-state index contributed by atoms with van der Waals surface area (Å²) < 4.78 is 9.60. The van der Waals surface area contributed by atoms with E-state index in [1.54, 1.807) is 0 Å². The fourth-order valence-electron chi connectivity index (χ4n) is 8.49. The second kappa shape index (κ2) is 17.4. The maximum atomic E-state index is 13.6. The van der Waals surface area contributed by atoms with Crippen LogP contribution in [0.1, 0.15) is 77.1 Å². The van der Waals surface area contributed by atoms with Crippen LogP contribution in [0.5, 0.6) is 0 Å². The molecule has 58 heavy (non-hydrogen) atoms. The molecule has 2 fully saturated rings. The normalized spacial score (nSPS) is 18.7. The van der Waals surface area contributed by atoms with Crippen molar-refractivity contribution in [2.24, 2.45) is 11.8 Å². The molecule has 306 valence electrons. The zero-order chi connectivity index (χ0) is 41.1. The lowest BCUT2D eigenvalue weighted by Crippen LogP contribution is -2.54. The molecule has 0 saturated carbocycles. The van der Waals surface area contributed by atoms with Gasteiger partial charge in [0.2, 0.25) is 5.91 Å². The molecule has 5 atom stereocenters. The molecule has 0 bridgehead atoms. The van der Waals surface area contributed by atoms with Gasteiger partial charge in [0.25, 0.3) is 0 Å². The number of aliphatic hydroxyl groups is 1. The Morgan fingerprint density at radius 3 is 1.97 bits per heavy atom. The van der Waals surface area contributed by atoms with E-state index in [1.807, 2.05) is 62.0 Å². The van der Waals surface area contributed by atoms with Crippen LogP contribution in [0.25, 0.3) is 44.4 Å². The van der Waals surface area contributed by atoms with Crippen molar-refractivity contribution >= 4 is 28.9 Å². The number of fused-ring (bicyclic) bond motifs is 1. The molecule has 0 spiro atoms. The second-order valence-electron chi connectivity index (χ2n) is 15.9. The summed E-state index contributed by atoms with van der Waals surface area (Å²) in [5.74, 6) is 1.23. The van der Waals surface area contributed by atoms with Gasteiger partial charge in [0.15, 0.2) is 0 Å². The number of hydrogen-bond acceptors (Lipinski definition) is 9. The van der Waals surface area contributed by atoms with E-state index in [4.69, 9.17) is 19.4 Å². The minimum atomic E-state index is -0.906. The van der Waals surface area contributed by atoms with Gasteiger partial charge in [-0.25, -0.2) is 19.6 Å². The molecule has 14 nitrogen and oxygen atoms in total. The molecule has 0 radical (unpaired) electrons. The number of nitrogens with one attached hydrogen (secondary N) is 4. The van der Waals surface area contributed by atoms with E-state index in [2.05, 4.69) is 69.1 Å². The molecule has 14 heteroatoms. The molecule has 4 heterocycles. The Balaban J connectivity index is 1.09. The highest BCUT2D eigenvalue weighted by molar-refractivity contribution is 6.04. The number of alkyl carbamates (subject to hydrolysis) is 2. The largest absolute Gasteiger partial charge is 0.453 e. The highest BCUT2D eigenvalue weighted by atomic mass is 16.5. The number of ether oxygens (including phenoxy) is 2. The second-order valence-corrected chi connectivity index (χ2v) is 15.9. The Labute approximate surface area is 338 Å². The van der Waals surface area contributed by atoms with Gasteiger partial charge in [0, 0.05) is 18.7 Å². The Kier molecular flexibility index (Phi) is 12.1. The molecule has 2 saturated heterocycles. The molecule has 5 aromatic rings. The highest BCUT2D eigenvalue weighted by Crippen LogP contribution is 2.39. The number of benzene rings is 3. The average Bonchev–Trinajstić information content (AvgIpc) is 4.08. The van der Waals surface area contributed by atoms with Crippen molar-refractivity contribution in [3.63, 3.8) is 0 Å². The molecule has 2 aliphatic heterocycles. The van der Waals surface area contributed by atoms with Gasteiger partial charge in [-0.1, -0.05) is 88.4 Å². The first kappa shape index (κ1) is 40.5. The van der Waals surface area contributed by atoms with Gasteiger partial charge in [-0.2, -0.15) is 0 Å². The van der Waals surface area contributed by atoms with Crippen LogP contribution < -0.4 is 10.6 Å². The molecule has 3 aromatic carbocycles. The molecular formula is C44H54N8O6. The number of methoxy groups -OCH3 is 2. The Morgan fingerprint density at radius 1 is 0.724 bits per heavy atom. The van der Waals surface area contributed by atoms with Crippen molar-refractivity contribution in [3.05, 3.63) is 84.7 Å². The summed E-state index contributed by atoms with van der Waals surface area (Å²) in [6.07, 6.45) is 4.93. The first-order valence-electron chi connectivity index (χ1n) is 20.1. The van der Waals surface area contributed by atoms with Crippen LogP contribution >= 0.6 is 0 Å². The third-order valence-electron chi connectivity index (χ3n) is 11.6. The summed E-state index contributed by atoms with van der Waals surface area (Å²) in [5.41, 5.74) is 5.91. The number of H-pyrrole nitrogens is 2. The van der Waals surface area contributed by atoms with Gasteiger partial charge in [0.05, 0.1) is 56.1 Å². The predicted molar refractivity (Wildman–Crippen MR) is 221 cm³/mol. The first-order valence-corrected chi connectivity index (χ1v) is 20.1. The van der Waals surface area contributed by atoms with Crippen molar-refractivity contribution in [2.75, 3.05) is 27.3 Å². The van der Waals surface area contributed by atoms with Crippen LogP contribution in [0.4, 0.5) is 9.59 Å². The lowest BCUT2D eigenvalue weighted by Gasteiger charge is -2.35. The molecule has 5 unspecified atom stereocenters. The molecule has 2 aliphatic rings. The lowest BCUT2D eigenvalue weighted by atomic mass is 9.93. The summed E-state index contributed by atoms with van der Waals surface area (Å²) >= 11 is 0. The van der Waals surface area contributed by atoms with Crippen LogP contribution in [0.2, 0.25) is 0 Å². The van der Waals surface area contributed by atoms with Gasteiger partial charge in [0.1, 0.15) is 23.9 Å². The van der Waals surface area contributed by atoms with Crippen molar-refractivity contribution < 1.29 is 29.0 Å². The van der Waals surface area contributed by atoms with E-state index in [1.165, 1.54) is 14.2 Å². The fraction of sp³-hybridized carbons (Fsp3) is 0.432. The standard InChI is InChI=1S/C44H54N8O6/c1-25(2)37(49-43(55)57-5)41(53)51-21-9-13-35(51)39-45-23-33(47-39)28-17-15-27(16-18-28)29-19-20-32(31-12-8-7-11-30(29)31)34-24-46-40(48-34)36-14-10-22-52(36)42(54)38(26(3)4)50-44(56)58-6/h7-8,11-12,15-20,23-26,35-38,42,54H,9-10,13-14,21-22H2,1-6H3,(H,45,47)(H,46,48)(H,49,55)(H,50,56). The highest BCUT2D eigenvalue weighted by Gasteiger charge is 2.39. The maximum Gasteiger partial charge on any atom is 0.407 e. The van der Waals surface area contributed by atoms with Crippen LogP contribution in [-0.4, -0.2) is 98.6 Å². The number of carbonyl (C=O) groups excluding carboxylic acids is 3. The van der Waals surface area contributed by atoms with E-state index in [9.17, 15) is 19.5 Å². The molecule has 0 aliphatic carbocycles. The van der Waals surface area contributed by atoms with E-state index >= 15 is 0 Å². The minimum absolute atomic E-state index is 0.0172. The predicted octanol–water partition coefficient (Wildman–Crippen LogP) is 7.17. The summed E-state index contributed by atoms with van der Waals surface area (Å²) in [6, 6.07) is 19.4. The number of aromatic nitrogens is 4. The van der Waals surface area contributed by atoms with Gasteiger partial charge < -0.3 is 40.1 Å². The number of imidazole rings is 2. The SMILES string of the molecule is COC(=O)NC(C(=O)N1CCCC1c1ncc(-c2ccc(-c3ccc(-c4cnc(C5CCCN5C(O)C(NC(=O)OC)C(C)C)[nH]4)c4ccccc34)cc2)[nH]1)C(C)C. The Morgan fingerprint density at radius 2 is 1.29 bits per heavy atom. The van der Waals surface area contributed by atoms with Crippen LogP contribution in [0.3, 0.4) is 0 Å². The number of nitrogens with zero attached hydrogens (tertiary/aromatic N) is 4. The van der Waals surface area contributed by atoms with Crippen molar-refractivity contribution in [1.29, 1.82) is 0 Å². The zero-order valence-electron chi connectivity index (χ0n) is 34.0. The van der Waals surface area contributed by atoms with E-state index in [0.29, 0.717) is 13.1 Å². The number of rotatable bonds is 12. The van der Waals surface area contributed by atoms with E-state index < -0.39 is 30.5 Å². The molecule has 3 amide bonds. The zero-order valence-corrected chi connectivity index (χ0v) is 34.0. The van der Waals surface area contributed by atoms with Crippen LogP contribution in [0, 0.1) is 11.8 Å². The first-order chi connectivity index (χ1) is 28.0. The smallest absolute Gasteiger partial charge is 0.407 e. The number of hydrogen-bond donors (Lipinski definition) is 5. The lowest BCUT2D eigenvalue weighted by molar-refractivity contribution is -0.135. The topological polar surface area (TPSA) is 178 Å². The molecule has 7 rings (SSSR count). The Bertz CT molecular complexity index is 2230. The minimum Gasteiger partial charge on any atom is -0.453 e. The molecule has 5 N–H and O–H groups in total.